The third-order valence-electron chi connectivity index (χ3n) is 3.07. The first-order valence-corrected chi connectivity index (χ1v) is 7.54. The summed E-state index contributed by atoms with van der Waals surface area (Å²) in [6, 6.07) is 13.2. The molecule has 0 fully saturated rings. The summed E-state index contributed by atoms with van der Waals surface area (Å²) in [4.78, 5) is 14.9. The van der Waals surface area contributed by atoms with Gasteiger partial charge in [0, 0.05) is 24.4 Å². The number of halogens is 2. The van der Waals surface area contributed by atoms with Crippen molar-refractivity contribution in [1.29, 1.82) is 0 Å². The Labute approximate surface area is 140 Å². The first-order valence-electron chi connectivity index (χ1n) is 6.35. The van der Waals surface area contributed by atoms with Gasteiger partial charge in [0.1, 0.15) is 0 Å². The van der Waals surface area contributed by atoms with Crippen molar-refractivity contribution in [3.63, 3.8) is 0 Å². The van der Waals surface area contributed by atoms with Crippen molar-refractivity contribution >= 4 is 41.3 Å². The van der Waals surface area contributed by atoms with Gasteiger partial charge in [-0.3, -0.25) is 4.79 Å². The summed E-state index contributed by atoms with van der Waals surface area (Å²) >= 11 is 7.37. The normalized spacial score (nSPS) is 11.6. The lowest BCUT2D eigenvalue weighted by Crippen LogP contribution is -2.29. The number of thiophene rings is 1. The predicted octanol–water partition coefficient (Wildman–Crippen LogP) is 3.87. The average molecular weight is 345 g/mol. The van der Waals surface area contributed by atoms with E-state index in [4.69, 9.17) is 17.3 Å². The second kappa shape index (κ2) is 8.39. The van der Waals surface area contributed by atoms with Crippen LogP contribution in [-0.4, -0.2) is 17.9 Å². The Morgan fingerprint density at radius 1 is 1.29 bits per heavy atom. The summed E-state index contributed by atoms with van der Waals surface area (Å²) in [5.74, 6) is 0.0332. The molecule has 0 radical (unpaired) electrons. The Morgan fingerprint density at radius 2 is 1.95 bits per heavy atom. The molecule has 1 atom stereocenters. The van der Waals surface area contributed by atoms with Gasteiger partial charge in [0.2, 0.25) is 5.91 Å². The molecule has 0 aliphatic heterocycles. The van der Waals surface area contributed by atoms with E-state index >= 15 is 0 Å². The van der Waals surface area contributed by atoms with Gasteiger partial charge < -0.3 is 10.6 Å². The highest BCUT2D eigenvalue weighted by Crippen LogP contribution is 2.23. The van der Waals surface area contributed by atoms with Gasteiger partial charge in [0.05, 0.1) is 10.9 Å². The highest BCUT2D eigenvalue weighted by molar-refractivity contribution is 7.16. The highest BCUT2D eigenvalue weighted by atomic mass is 35.5. The molecule has 0 bridgehead atoms. The van der Waals surface area contributed by atoms with Crippen LogP contribution < -0.4 is 5.73 Å². The van der Waals surface area contributed by atoms with Crippen LogP contribution in [0, 0.1) is 0 Å². The summed E-state index contributed by atoms with van der Waals surface area (Å²) in [5, 5.41) is 0. The minimum absolute atomic E-state index is 0. The van der Waals surface area contributed by atoms with E-state index in [1.54, 1.807) is 11.9 Å². The SMILES string of the molecule is CN(Cc1ccc(Cl)s1)C(=O)CC(N)c1ccccc1.Cl. The van der Waals surface area contributed by atoms with Crippen LogP contribution in [0.25, 0.3) is 0 Å². The standard InChI is InChI=1S/C15H17ClN2OS.ClH/c1-18(10-12-7-8-14(16)20-12)15(19)9-13(17)11-5-3-2-4-6-11;/h2-8,13H,9-10,17H2,1H3;1H. The quantitative estimate of drug-likeness (QED) is 0.894. The van der Waals surface area contributed by atoms with Crippen LogP contribution in [0.5, 0.6) is 0 Å². The van der Waals surface area contributed by atoms with Crippen LogP contribution in [0.3, 0.4) is 0 Å². The first-order chi connectivity index (χ1) is 9.56. The van der Waals surface area contributed by atoms with Gasteiger partial charge in [-0.05, 0) is 17.7 Å². The maximum Gasteiger partial charge on any atom is 0.224 e. The molecule has 0 saturated heterocycles. The minimum atomic E-state index is -0.266. The zero-order valence-electron chi connectivity index (χ0n) is 11.7. The van der Waals surface area contributed by atoms with Crippen molar-refractivity contribution in [2.75, 3.05) is 7.05 Å². The van der Waals surface area contributed by atoms with Gasteiger partial charge in [-0.2, -0.15) is 0 Å². The van der Waals surface area contributed by atoms with Crippen LogP contribution in [0.4, 0.5) is 0 Å². The number of nitrogens with two attached hydrogens (primary N) is 1. The zero-order valence-corrected chi connectivity index (χ0v) is 14.0. The van der Waals surface area contributed by atoms with Crippen LogP contribution in [0.15, 0.2) is 42.5 Å². The molecule has 2 rings (SSSR count). The fourth-order valence-corrected chi connectivity index (χ4v) is 3.06. The lowest BCUT2D eigenvalue weighted by Gasteiger charge is -2.19. The molecular formula is C15H18Cl2N2OS. The lowest BCUT2D eigenvalue weighted by atomic mass is 10.0. The van der Waals surface area contributed by atoms with Crippen LogP contribution in [0.1, 0.15) is 22.9 Å². The minimum Gasteiger partial charge on any atom is -0.341 e. The average Bonchev–Trinajstić information content (AvgIpc) is 2.85. The molecule has 0 aliphatic rings. The predicted molar refractivity (Wildman–Crippen MR) is 91.0 cm³/mol. The lowest BCUT2D eigenvalue weighted by molar-refractivity contribution is -0.130. The van der Waals surface area contributed by atoms with E-state index in [2.05, 4.69) is 0 Å². The Bertz CT molecular complexity index is 574. The molecule has 1 unspecified atom stereocenters. The largest absolute Gasteiger partial charge is 0.341 e. The van der Waals surface area contributed by atoms with Gasteiger partial charge in [0.25, 0.3) is 0 Å². The maximum absolute atomic E-state index is 12.2. The van der Waals surface area contributed by atoms with Crippen LogP contribution in [-0.2, 0) is 11.3 Å². The van der Waals surface area contributed by atoms with Gasteiger partial charge in [-0.25, -0.2) is 0 Å². The van der Waals surface area contributed by atoms with E-state index in [1.807, 2.05) is 42.5 Å². The van der Waals surface area contributed by atoms with E-state index in [0.717, 1.165) is 14.8 Å². The van der Waals surface area contributed by atoms with Crippen molar-refractivity contribution in [2.45, 2.75) is 19.0 Å². The molecule has 1 heterocycles. The van der Waals surface area contributed by atoms with Crippen molar-refractivity contribution in [2.24, 2.45) is 5.73 Å². The number of carbonyl (C=O) groups is 1. The van der Waals surface area contributed by atoms with Gasteiger partial charge in [0.15, 0.2) is 0 Å². The van der Waals surface area contributed by atoms with E-state index < -0.39 is 0 Å². The monoisotopic (exact) mass is 344 g/mol. The maximum atomic E-state index is 12.2. The molecule has 0 aliphatic carbocycles. The molecule has 0 saturated carbocycles. The molecule has 1 amide bonds. The van der Waals surface area contributed by atoms with Crippen molar-refractivity contribution in [3.05, 3.63) is 57.2 Å². The van der Waals surface area contributed by atoms with E-state index in [0.29, 0.717) is 13.0 Å². The molecule has 0 spiro atoms. The summed E-state index contributed by atoms with van der Waals surface area (Å²) in [6.07, 6.45) is 0.305. The van der Waals surface area contributed by atoms with Crippen molar-refractivity contribution in [1.82, 2.24) is 4.90 Å². The molecule has 1 aromatic carbocycles. The number of rotatable bonds is 5. The first kappa shape index (κ1) is 18.0. The highest BCUT2D eigenvalue weighted by Gasteiger charge is 2.15. The fraction of sp³-hybridized carbons (Fsp3) is 0.267. The fourth-order valence-electron chi connectivity index (χ4n) is 1.92. The van der Waals surface area contributed by atoms with Gasteiger partial charge in [-0.1, -0.05) is 41.9 Å². The number of hydrogen-bond acceptors (Lipinski definition) is 3. The smallest absolute Gasteiger partial charge is 0.224 e. The second-order valence-corrected chi connectivity index (χ2v) is 6.48. The van der Waals surface area contributed by atoms with Crippen LogP contribution in [0.2, 0.25) is 4.34 Å². The van der Waals surface area contributed by atoms with E-state index in [1.165, 1.54) is 11.3 Å². The summed E-state index contributed by atoms with van der Waals surface area (Å²) < 4.78 is 0.738. The number of nitrogens with zero attached hydrogens (tertiary/aromatic N) is 1. The second-order valence-electron chi connectivity index (χ2n) is 4.68. The number of amides is 1. The molecular weight excluding hydrogens is 327 g/mol. The summed E-state index contributed by atoms with van der Waals surface area (Å²) in [6.45, 7) is 0.567. The topological polar surface area (TPSA) is 46.3 Å². The molecule has 3 nitrogen and oxygen atoms in total. The number of hydrogen-bond donors (Lipinski definition) is 1. The summed E-state index contributed by atoms with van der Waals surface area (Å²) in [5.41, 5.74) is 7.05. The van der Waals surface area contributed by atoms with Gasteiger partial charge in [-0.15, -0.1) is 23.7 Å². The Balaban J connectivity index is 0.00000220. The van der Waals surface area contributed by atoms with E-state index in [9.17, 15) is 4.79 Å². The molecule has 2 N–H and O–H groups in total. The Hall–Kier alpha value is -1.07. The molecule has 6 heteroatoms. The zero-order chi connectivity index (χ0) is 14.5. The number of benzene rings is 1. The van der Waals surface area contributed by atoms with Crippen molar-refractivity contribution in [3.8, 4) is 0 Å². The third-order valence-corrected chi connectivity index (χ3v) is 4.29. The van der Waals surface area contributed by atoms with E-state index in [-0.39, 0.29) is 24.4 Å². The molecule has 21 heavy (non-hydrogen) atoms. The Morgan fingerprint density at radius 3 is 2.52 bits per heavy atom. The summed E-state index contributed by atoms with van der Waals surface area (Å²) in [7, 11) is 1.79. The van der Waals surface area contributed by atoms with Gasteiger partial charge >= 0.3 is 0 Å². The molecule has 2 aromatic rings. The van der Waals surface area contributed by atoms with Crippen LogP contribution >= 0.6 is 35.3 Å². The molecule has 114 valence electrons. The Kier molecular flexibility index (Phi) is 7.18. The number of carbonyl (C=O) groups excluding carboxylic acids is 1. The van der Waals surface area contributed by atoms with Crippen molar-refractivity contribution < 1.29 is 4.79 Å². The third kappa shape index (κ3) is 5.32. The molecule has 1 aromatic heterocycles.